The van der Waals surface area contributed by atoms with Crippen molar-refractivity contribution in [2.45, 2.75) is 44.6 Å². The van der Waals surface area contributed by atoms with Crippen molar-refractivity contribution in [3.05, 3.63) is 29.6 Å². The molecule has 0 N–H and O–H groups in total. The minimum atomic E-state index is -0.934. The summed E-state index contributed by atoms with van der Waals surface area (Å²) in [7, 11) is 0. The van der Waals surface area contributed by atoms with Crippen LogP contribution in [0.15, 0.2) is 12.3 Å². The molecule has 4 heterocycles. The Morgan fingerprint density at radius 3 is 2.75 bits per heavy atom. The number of amides is 2. The second-order valence-corrected chi connectivity index (χ2v) is 8.19. The smallest absolute Gasteiger partial charge is 0.275 e. The van der Waals surface area contributed by atoms with Crippen molar-refractivity contribution in [2.75, 3.05) is 32.8 Å². The van der Waals surface area contributed by atoms with Gasteiger partial charge >= 0.3 is 0 Å². The first-order chi connectivity index (χ1) is 13.5. The van der Waals surface area contributed by atoms with Crippen molar-refractivity contribution in [2.24, 2.45) is 5.41 Å². The minimum Gasteiger partial charge on any atom is -0.376 e. The topological polar surface area (TPSA) is 62.7 Å². The molecular weight excluding hydrogens is 368 g/mol. The van der Waals surface area contributed by atoms with E-state index in [2.05, 4.69) is 4.98 Å². The average Bonchev–Trinajstić information content (AvgIpc) is 3.18. The highest BCUT2D eigenvalue weighted by Gasteiger charge is 2.42. The third-order valence-corrected chi connectivity index (χ3v) is 6.32. The molecule has 0 bridgehead atoms. The number of hydrogen-bond donors (Lipinski definition) is 0. The molecule has 3 fully saturated rings. The van der Waals surface area contributed by atoms with Gasteiger partial charge in [0, 0.05) is 45.3 Å². The van der Waals surface area contributed by atoms with Crippen molar-refractivity contribution in [3.8, 4) is 0 Å². The maximum atomic E-state index is 13.9. The molecule has 0 saturated carbocycles. The fraction of sp³-hybridized carbons (Fsp3) is 0.650. The summed E-state index contributed by atoms with van der Waals surface area (Å²) in [5.74, 6) is -2.06. The Morgan fingerprint density at radius 2 is 2.07 bits per heavy atom. The molecule has 0 aromatic carbocycles. The number of carbonyl (C=O) groups excluding carboxylic acids is 2. The zero-order valence-corrected chi connectivity index (χ0v) is 15.8. The summed E-state index contributed by atoms with van der Waals surface area (Å²) in [4.78, 5) is 32.1. The Kier molecular flexibility index (Phi) is 5.31. The van der Waals surface area contributed by atoms with Gasteiger partial charge in [-0.25, -0.2) is 13.8 Å². The van der Waals surface area contributed by atoms with Crippen molar-refractivity contribution in [1.82, 2.24) is 14.8 Å². The quantitative estimate of drug-likeness (QED) is 0.791. The van der Waals surface area contributed by atoms with Gasteiger partial charge in [0.25, 0.3) is 5.91 Å². The summed E-state index contributed by atoms with van der Waals surface area (Å²) in [6, 6.07) is 0.682. The molecule has 0 aliphatic carbocycles. The van der Waals surface area contributed by atoms with Crippen LogP contribution < -0.4 is 0 Å². The van der Waals surface area contributed by atoms with Crippen LogP contribution in [0.4, 0.5) is 8.78 Å². The van der Waals surface area contributed by atoms with Crippen LogP contribution in [0.1, 0.15) is 49.0 Å². The summed E-state index contributed by atoms with van der Waals surface area (Å²) < 4.78 is 32.6. The Labute approximate surface area is 162 Å². The number of pyridine rings is 1. The van der Waals surface area contributed by atoms with E-state index in [1.54, 1.807) is 4.90 Å². The standard InChI is InChI=1S/C20H25F2N3O3/c21-14-10-16(22)18(23-11-14)19(27)24-7-5-20(6-8-24)4-3-17(26)25(13-20)12-15-2-1-9-28-15/h10-11,15H,1-9,12-13H2/t15-/m1/s1. The van der Waals surface area contributed by atoms with Gasteiger partial charge in [0.05, 0.1) is 12.3 Å². The molecular formula is C20H25F2N3O3. The molecule has 3 aliphatic rings. The van der Waals surface area contributed by atoms with Crippen molar-refractivity contribution >= 4 is 11.8 Å². The Hall–Kier alpha value is -2.09. The second-order valence-electron chi connectivity index (χ2n) is 8.19. The normalized spacial score (nSPS) is 24.8. The van der Waals surface area contributed by atoms with Crippen molar-refractivity contribution in [1.29, 1.82) is 0 Å². The van der Waals surface area contributed by atoms with E-state index in [0.29, 0.717) is 38.7 Å². The van der Waals surface area contributed by atoms with Gasteiger partial charge in [-0.2, -0.15) is 0 Å². The number of nitrogens with zero attached hydrogens (tertiary/aromatic N) is 3. The molecule has 152 valence electrons. The van der Waals surface area contributed by atoms with E-state index in [1.807, 2.05) is 4.90 Å². The number of halogens is 2. The van der Waals surface area contributed by atoms with Gasteiger partial charge < -0.3 is 14.5 Å². The van der Waals surface area contributed by atoms with Gasteiger partial charge in [0.2, 0.25) is 5.91 Å². The van der Waals surface area contributed by atoms with Crippen LogP contribution in [0.2, 0.25) is 0 Å². The summed E-state index contributed by atoms with van der Waals surface area (Å²) >= 11 is 0. The molecule has 8 heteroatoms. The van der Waals surface area contributed by atoms with Crippen LogP contribution in [0.5, 0.6) is 0 Å². The molecule has 1 spiro atoms. The summed E-state index contributed by atoms with van der Waals surface area (Å²) in [6.45, 7) is 3.08. The number of ether oxygens (including phenoxy) is 1. The molecule has 6 nitrogen and oxygen atoms in total. The van der Waals surface area contributed by atoms with Gasteiger partial charge in [-0.05, 0) is 37.5 Å². The molecule has 1 aromatic heterocycles. The van der Waals surface area contributed by atoms with Crippen LogP contribution in [0, 0.1) is 17.0 Å². The maximum absolute atomic E-state index is 13.9. The number of likely N-dealkylation sites (tertiary alicyclic amines) is 2. The Bertz CT molecular complexity index is 759. The third-order valence-electron chi connectivity index (χ3n) is 6.32. The maximum Gasteiger partial charge on any atom is 0.275 e. The van der Waals surface area contributed by atoms with E-state index < -0.39 is 17.5 Å². The first-order valence-corrected chi connectivity index (χ1v) is 9.95. The monoisotopic (exact) mass is 393 g/mol. The van der Waals surface area contributed by atoms with Crippen molar-refractivity contribution in [3.63, 3.8) is 0 Å². The largest absolute Gasteiger partial charge is 0.376 e. The lowest BCUT2D eigenvalue weighted by molar-refractivity contribution is -0.141. The fourth-order valence-electron chi connectivity index (χ4n) is 4.62. The van der Waals surface area contributed by atoms with E-state index in [-0.39, 0.29) is 23.1 Å². The second kappa shape index (κ2) is 7.73. The highest BCUT2D eigenvalue weighted by Crippen LogP contribution is 2.40. The lowest BCUT2D eigenvalue weighted by Crippen LogP contribution is -2.53. The van der Waals surface area contributed by atoms with Crippen LogP contribution in [0.3, 0.4) is 0 Å². The van der Waals surface area contributed by atoms with E-state index in [1.165, 1.54) is 0 Å². The predicted molar refractivity (Wildman–Crippen MR) is 96.5 cm³/mol. The number of piperidine rings is 2. The van der Waals surface area contributed by atoms with Gasteiger partial charge in [0.1, 0.15) is 5.82 Å². The van der Waals surface area contributed by atoms with E-state index >= 15 is 0 Å². The first-order valence-electron chi connectivity index (χ1n) is 9.95. The van der Waals surface area contributed by atoms with Crippen LogP contribution in [0.25, 0.3) is 0 Å². The van der Waals surface area contributed by atoms with Crippen LogP contribution >= 0.6 is 0 Å². The summed E-state index contributed by atoms with van der Waals surface area (Å²) in [6.07, 6.45) is 5.89. The van der Waals surface area contributed by atoms with E-state index in [4.69, 9.17) is 4.74 Å². The van der Waals surface area contributed by atoms with Crippen LogP contribution in [-0.4, -0.2) is 65.5 Å². The van der Waals surface area contributed by atoms with Crippen LogP contribution in [-0.2, 0) is 9.53 Å². The molecule has 28 heavy (non-hydrogen) atoms. The number of rotatable bonds is 3. The van der Waals surface area contributed by atoms with Gasteiger partial charge in [-0.3, -0.25) is 9.59 Å². The summed E-state index contributed by atoms with van der Waals surface area (Å²) in [5.41, 5.74) is -0.339. The molecule has 3 saturated heterocycles. The van der Waals surface area contributed by atoms with Crippen molar-refractivity contribution < 1.29 is 23.1 Å². The minimum absolute atomic E-state index is 0.00192. The molecule has 3 aliphatic heterocycles. The Morgan fingerprint density at radius 1 is 1.29 bits per heavy atom. The number of carbonyl (C=O) groups is 2. The highest BCUT2D eigenvalue weighted by molar-refractivity contribution is 5.92. The number of aromatic nitrogens is 1. The SMILES string of the molecule is O=C1CCC2(CCN(C(=O)c3ncc(F)cc3F)CC2)CN1C[C@H]1CCCO1. The predicted octanol–water partition coefficient (Wildman–Crippen LogP) is 2.38. The summed E-state index contributed by atoms with van der Waals surface area (Å²) in [5, 5.41) is 0. The molecule has 1 atom stereocenters. The molecule has 2 amide bonds. The lowest BCUT2D eigenvalue weighted by Gasteiger charge is -2.47. The van der Waals surface area contributed by atoms with Gasteiger partial charge in [-0.1, -0.05) is 0 Å². The van der Waals surface area contributed by atoms with E-state index in [9.17, 15) is 18.4 Å². The zero-order valence-electron chi connectivity index (χ0n) is 15.8. The van der Waals surface area contributed by atoms with Gasteiger partial charge in [0.15, 0.2) is 11.5 Å². The number of hydrogen-bond acceptors (Lipinski definition) is 4. The fourth-order valence-corrected chi connectivity index (χ4v) is 4.62. The molecule has 1 aromatic rings. The van der Waals surface area contributed by atoms with E-state index in [0.717, 1.165) is 44.9 Å². The third kappa shape index (κ3) is 3.87. The average molecular weight is 393 g/mol. The zero-order chi connectivity index (χ0) is 19.7. The highest BCUT2D eigenvalue weighted by atomic mass is 19.1. The first kappa shape index (κ1) is 19.2. The molecule has 0 radical (unpaired) electrons. The molecule has 0 unspecified atom stereocenters. The van der Waals surface area contributed by atoms with Gasteiger partial charge in [-0.15, -0.1) is 0 Å². The lowest BCUT2D eigenvalue weighted by atomic mass is 9.72. The molecule has 4 rings (SSSR count). The Balaban J connectivity index is 1.38.